The molecule has 2 aromatic rings. The monoisotopic (exact) mass is 341 g/mol. The third-order valence-electron chi connectivity index (χ3n) is 5.01. The highest BCUT2D eigenvalue weighted by Gasteiger charge is 2.28. The van der Waals surface area contributed by atoms with Crippen LogP contribution in [0, 0.1) is 12.8 Å². The van der Waals surface area contributed by atoms with Crippen molar-refractivity contribution in [3.05, 3.63) is 41.9 Å². The molecule has 0 aliphatic carbocycles. The van der Waals surface area contributed by atoms with Crippen molar-refractivity contribution < 1.29 is 9.21 Å². The Morgan fingerprint density at radius 1 is 1.36 bits per heavy atom. The van der Waals surface area contributed by atoms with E-state index in [0.29, 0.717) is 31.2 Å². The van der Waals surface area contributed by atoms with Gasteiger partial charge in [-0.3, -0.25) is 4.79 Å². The van der Waals surface area contributed by atoms with Crippen LogP contribution in [0.1, 0.15) is 37.6 Å². The average molecular weight is 341 g/mol. The molecule has 2 N–H and O–H groups in total. The van der Waals surface area contributed by atoms with Crippen molar-refractivity contribution in [3.8, 4) is 11.3 Å². The SMILES string of the molecule is Cc1ccc(-c2cnc(CCC(=O)N3CCC(C)CC3CN)o2)cc1. The van der Waals surface area contributed by atoms with Crippen LogP contribution in [0.25, 0.3) is 11.3 Å². The molecule has 0 spiro atoms. The van der Waals surface area contributed by atoms with Gasteiger partial charge in [0.25, 0.3) is 0 Å². The fourth-order valence-corrected chi connectivity index (χ4v) is 3.44. The molecule has 134 valence electrons. The van der Waals surface area contributed by atoms with E-state index < -0.39 is 0 Å². The predicted molar refractivity (Wildman–Crippen MR) is 98.0 cm³/mol. The molecule has 2 atom stereocenters. The summed E-state index contributed by atoms with van der Waals surface area (Å²) < 4.78 is 5.81. The van der Waals surface area contributed by atoms with Gasteiger partial charge in [-0.05, 0) is 25.7 Å². The van der Waals surface area contributed by atoms with E-state index in [1.54, 1.807) is 6.20 Å². The first-order valence-corrected chi connectivity index (χ1v) is 9.08. The zero-order valence-corrected chi connectivity index (χ0v) is 15.1. The molecule has 0 radical (unpaired) electrons. The molecule has 1 saturated heterocycles. The first-order chi connectivity index (χ1) is 12.1. The number of benzene rings is 1. The molecule has 1 aromatic carbocycles. The summed E-state index contributed by atoms with van der Waals surface area (Å²) in [6.45, 7) is 5.62. The number of rotatable bonds is 5. The minimum absolute atomic E-state index is 0.150. The smallest absolute Gasteiger partial charge is 0.223 e. The summed E-state index contributed by atoms with van der Waals surface area (Å²) in [6.07, 6.45) is 4.72. The van der Waals surface area contributed by atoms with Crippen molar-refractivity contribution in [2.24, 2.45) is 11.7 Å². The second-order valence-corrected chi connectivity index (χ2v) is 7.09. The van der Waals surface area contributed by atoms with Gasteiger partial charge in [0.15, 0.2) is 11.7 Å². The summed E-state index contributed by atoms with van der Waals surface area (Å²) in [4.78, 5) is 18.8. The van der Waals surface area contributed by atoms with Crippen LogP contribution in [0.15, 0.2) is 34.9 Å². The maximum atomic E-state index is 12.6. The Kier molecular flexibility index (Phi) is 5.53. The van der Waals surface area contributed by atoms with E-state index in [1.165, 1.54) is 5.56 Å². The molecule has 2 unspecified atom stereocenters. The molecule has 0 bridgehead atoms. The summed E-state index contributed by atoms with van der Waals surface area (Å²) in [5.41, 5.74) is 8.07. The number of likely N-dealkylation sites (tertiary alicyclic amines) is 1. The van der Waals surface area contributed by atoms with Crippen molar-refractivity contribution in [2.45, 2.75) is 45.6 Å². The van der Waals surface area contributed by atoms with E-state index in [9.17, 15) is 4.79 Å². The number of carbonyl (C=O) groups is 1. The van der Waals surface area contributed by atoms with Crippen LogP contribution in [-0.4, -0.2) is 34.9 Å². The van der Waals surface area contributed by atoms with E-state index in [-0.39, 0.29) is 11.9 Å². The standard InChI is InChI=1S/C20H27N3O2/c1-14-3-5-16(6-4-14)18-13-22-19(25-18)7-8-20(24)23-10-9-15(2)11-17(23)12-21/h3-6,13,15,17H,7-12,21H2,1-2H3. The number of piperidine rings is 1. The summed E-state index contributed by atoms with van der Waals surface area (Å²) in [5.74, 6) is 2.14. The fourth-order valence-electron chi connectivity index (χ4n) is 3.44. The lowest BCUT2D eigenvalue weighted by Crippen LogP contribution is -2.49. The van der Waals surface area contributed by atoms with Crippen LogP contribution in [0.4, 0.5) is 0 Å². The van der Waals surface area contributed by atoms with Gasteiger partial charge >= 0.3 is 0 Å². The third kappa shape index (κ3) is 4.28. The van der Waals surface area contributed by atoms with Gasteiger partial charge in [0.1, 0.15) is 0 Å². The molecule has 25 heavy (non-hydrogen) atoms. The van der Waals surface area contributed by atoms with E-state index in [2.05, 4.69) is 18.8 Å². The van der Waals surface area contributed by atoms with E-state index >= 15 is 0 Å². The van der Waals surface area contributed by atoms with Crippen LogP contribution in [-0.2, 0) is 11.2 Å². The quantitative estimate of drug-likeness (QED) is 0.906. The van der Waals surface area contributed by atoms with Crippen molar-refractivity contribution in [1.82, 2.24) is 9.88 Å². The normalized spacial score (nSPS) is 20.7. The number of nitrogens with two attached hydrogens (primary N) is 1. The molecule has 0 saturated carbocycles. The average Bonchev–Trinajstić information content (AvgIpc) is 3.09. The molecule has 1 aliphatic heterocycles. The topological polar surface area (TPSA) is 72.4 Å². The highest BCUT2D eigenvalue weighted by molar-refractivity contribution is 5.76. The van der Waals surface area contributed by atoms with Gasteiger partial charge < -0.3 is 15.1 Å². The van der Waals surface area contributed by atoms with Crippen molar-refractivity contribution in [1.29, 1.82) is 0 Å². The van der Waals surface area contributed by atoms with Gasteiger partial charge in [0.05, 0.1) is 6.20 Å². The minimum Gasteiger partial charge on any atom is -0.441 e. The molecule has 1 aliphatic rings. The van der Waals surface area contributed by atoms with E-state index in [1.807, 2.05) is 29.2 Å². The Morgan fingerprint density at radius 3 is 2.84 bits per heavy atom. The zero-order valence-electron chi connectivity index (χ0n) is 15.1. The first-order valence-electron chi connectivity index (χ1n) is 9.08. The van der Waals surface area contributed by atoms with Crippen LogP contribution in [0.5, 0.6) is 0 Å². The van der Waals surface area contributed by atoms with Gasteiger partial charge in [-0.2, -0.15) is 0 Å². The van der Waals surface area contributed by atoms with Crippen LogP contribution in [0.3, 0.4) is 0 Å². The Morgan fingerprint density at radius 2 is 2.12 bits per heavy atom. The predicted octanol–water partition coefficient (Wildman–Crippen LogP) is 3.17. The zero-order chi connectivity index (χ0) is 17.8. The molecule has 2 heterocycles. The number of amides is 1. The number of hydrogen-bond acceptors (Lipinski definition) is 4. The number of oxazole rings is 1. The van der Waals surface area contributed by atoms with Gasteiger partial charge in [0, 0.05) is 37.5 Å². The highest BCUT2D eigenvalue weighted by atomic mass is 16.4. The van der Waals surface area contributed by atoms with Crippen LogP contribution < -0.4 is 5.73 Å². The first kappa shape index (κ1) is 17.7. The van der Waals surface area contributed by atoms with Crippen molar-refractivity contribution >= 4 is 5.91 Å². The molecule has 3 rings (SSSR count). The number of aryl methyl sites for hydroxylation is 2. The Bertz CT molecular complexity index is 708. The number of carbonyl (C=O) groups excluding carboxylic acids is 1. The second kappa shape index (κ2) is 7.83. The maximum Gasteiger partial charge on any atom is 0.223 e. The molecular weight excluding hydrogens is 314 g/mol. The minimum atomic E-state index is 0.150. The van der Waals surface area contributed by atoms with Gasteiger partial charge in [0.2, 0.25) is 5.91 Å². The fraction of sp³-hybridized carbons (Fsp3) is 0.500. The van der Waals surface area contributed by atoms with E-state index in [0.717, 1.165) is 30.7 Å². The van der Waals surface area contributed by atoms with E-state index in [4.69, 9.17) is 10.2 Å². The Labute approximate surface area is 149 Å². The lowest BCUT2D eigenvalue weighted by Gasteiger charge is -2.38. The number of hydrogen-bond donors (Lipinski definition) is 1. The lowest BCUT2D eigenvalue weighted by molar-refractivity contribution is -0.135. The molecule has 1 amide bonds. The molecular formula is C20H27N3O2. The third-order valence-corrected chi connectivity index (χ3v) is 5.01. The van der Waals surface area contributed by atoms with Crippen molar-refractivity contribution in [2.75, 3.05) is 13.1 Å². The van der Waals surface area contributed by atoms with Gasteiger partial charge in [-0.1, -0.05) is 36.8 Å². The molecule has 5 nitrogen and oxygen atoms in total. The number of aromatic nitrogens is 1. The maximum absolute atomic E-state index is 12.6. The molecule has 5 heteroatoms. The van der Waals surface area contributed by atoms with Gasteiger partial charge in [-0.15, -0.1) is 0 Å². The highest BCUT2D eigenvalue weighted by Crippen LogP contribution is 2.24. The summed E-state index contributed by atoms with van der Waals surface area (Å²) in [6, 6.07) is 8.30. The Balaban J connectivity index is 1.58. The van der Waals surface area contributed by atoms with Gasteiger partial charge in [-0.25, -0.2) is 4.98 Å². The summed E-state index contributed by atoms with van der Waals surface area (Å²) in [7, 11) is 0. The lowest BCUT2D eigenvalue weighted by atomic mass is 9.92. The largest absolute Gasteiger partial charge is 0.441 e. The molecule has 1 aromatic heterocycles. The van der Waals surface area contributed by atoms with Crippen LogP contribution >= 0.6 is 0 Å². The number of nitrogens with zero attached hydrogens (tertiary/aromatic N) is 2. The molecule has 1 fully saturated rings. The van der Waals surface area contributed by atoms with Crippen LogP contribution in [0.2, 0.25) is 0 Å². The summed E-state index contributed by atoms with van der Waals surface area (Å²) in [5, 5.41) is 0. The Hall–Kier alpha value is -2.14. The second-order valence-electron chi connectivity index (χ2n) is 7.09. The summed E-state index contributed by atoms with van der Waals surface area (Å²) >= 11 is 0. The van der Waals surface area contributed by atoms with Crippen molar-refractivity contribution in [3.63, 3.8) is 0 Å².